The maximum atomic E-state index is 13.5. The number of nitrogens with zero attached hydrogens (tertiary/aromatic N) is 7. The average Bonchev–Trinajstić information content (AvgIpc) is 3.69. The highest BCUT2D eigenvalue weighted by Crippen LogP contribution is 2.43. The summed E-state index contributed by atoms with van der Waals surface area (Å²) < 4.78 is 71.5. The number of rotatable bonds is 9. The van der Waals surface area contributed by atoms with Crippen molar-refractivity contribution in [2.45, 2.75) is 44.5 Å². The summed E-state index contributed by atoms with van der Waals surface area (Å²) in [6.07, 6.45) is 2.22. The number of hydrogen-bond acceptors (Lipinski definition) is 9. The fraction of sp³-hybridized carbons (Fsp3) is 0.452. The van der Waals surface area contributed by atoms with Gasteiger partial charge in [0.25, 0.3) is 5.91 Å². The lowest BCUT2D eigenvalue weighted by atomic mass is 9.94. The highest BCUT2D eigenvalue weighted by atomic mass is 35.5. The van der Waals surface area contributed by atoms with Crippen LogP contribution < -0.4 is 15.0 Å². The van der Waals surface area contributed by atoms with Crippen molar-refractivity contribution in [2.75, 3.05) is 50.0 Å². The van der Waals surface area contributed by atoms with Crippen LogP contribution in [0.4, 0.5) is 32.1 Å². The molecule has 0 unspecified atom stereocenters. The van der Waals surface area contributed by atoms with Crippen molar-refractivity contribution < 1.29 is 36.3 Å². The Morgan fingerprint density at radius 1 is 1.14 bits per heavy atom. The van der Waals surface area contributed by atoms with E-state index in [1.807, 2.05) is 4.90 Å². The van der Waals surface area contributed by atoms with Gasteiger partial charge in [-0.2, -0.15) is 27.1 Å². The molecule has 2 amide bonds. The fourth-order valence-corrected chi connectivity index (χ4v) is 7.47. The first-order valence-electron chi connectivity index (χ1n) is 15.5. The molecule has 0 radical (unpaired) electrons. The number of hydrogen-bond donors (Lipinski definition) is 1. The molecule has 3 aromatic heterocycles. The number of amides is 2. The van der Waals surface area contributed by atoms with E-state index >= 15 is 0 Å². The van der Waals surface area contributed by atoms with Gasteiger partial charge < -0.3 is 19.9 Å². The van der Waals surface area contributed by atoms with Crippen LogP contribution in [0, 0.1) is 5.92 Å². The normalized spacial score (nSPS) is 16.6. The maximum Gasteiger partial charge on any atom is 0.401 e. The largest absolute Gasteiger partial charge is 0.434 e. The predicted molar refractivity (Wildman–Crippen MR) is 173 cm³/mol. The highest BCUT2D eigenvalue weighted by molar-refractivity contribution is 7.20. The molecule has 0 atom stereocenters. The predicted octanol–water partition coefficient (Wildman–Crippen LogP) is 6.06. The van der Waals surface area contributed by atoms with E-state index in [0.717, 1.165) is 11.3 Å². The van der Waals surface area contributed by atoms with Gasteiger partial charge in [-0.1, -0.05) is 22.9 Å². The van der Waals surface area contributed by atoms with E-state index in [9.17, 15) is 31.5 Å². The van der Waals surface area contributed by atoms with Gasteiger partial charge in [0.15, 0.2) is 10.8 Å². The molecule has 2 aliphatic rings. The van der Waals surface area contributed by atoms with Crippen LogP contribution in [0.2, 0.25) is 5.02 Å². The molecule has 5 heterocycles. The smallest absolute Gasteiger partial charge is 0.401 e. The highest BCUT2D eigenvalue weighted by Gasteiger charge is 2.36. The number of anilines is 2. The SMILES string of the molecule is CN(CC(F)(F)F)C1CCN(C(=O)C2CCN(c3nc(-c4cc(Cl)ccc4OC(F)F)c(NC(=O)c4cnn5cccnc45)s3)CC2)CC1. The molecule has 49 heavy (non-hydrogen) atoms. The molecule has 6 rings (SSSR count). The lowest BCUT2D eigenvalue weighted by molar-refractivity contribution is -0.151. The zero-order chi connectivity index (χ0) is 34.9. The van der Waals surface area contributed by atoms with Crippen molar-refractivity contribution in [1.82, 2.24) is 29.4 Å². The number of aromatic nitrogens is 4. The van der Waals surface area contributed by atoms with Gasteiger partial charge in [0.05, 0.1) is 12.7 Å². The van der Waals surface area contributed by atoms with Crippen LogP contribution in [0.5, 0.6) is 5.75 Å². The number of ether oxygens (including phenoxy) is 1. The molecule has 1 N–H and O–H groups in total. The summed E-state index contributed by atoms with van der Waals surface area (Å²) in [5.74, 6) is -0.997. The summed E-state index contributed by atoms with van der Waals surface area (Å²) in [5.41, 5.74) is 0.831. The molecule has 0 spiro atoms. The maximum absolute atomic E-state index is 13.5. The first kappa shape index (κ1) is 34.8. The van der Waals surface area contributed by atoms with Crippen molar-refractivity contribution in [3.05, 3.63) is 53.4 Å². The van der Waals surface area contributed by atoms with Crippen molar-refractivity contribution in [3.63, 3.8) is 0 Å². The molecule has 2 saturated heterocycles. The lowest BCUT2D eigenvalue weighted by Gasteiger charge is -2.39. The number of likely N-dealkylation sites (tertiary alicyclic amines) is 1. The Balaban J connectivity index is 1.18. The molecule has 2 aliphatic heterocycles. The summed E-state index contributed by atoms with van der Waals surface area (Å²) in [6.45, 7) is -2.40. The standard InChI is InChI=1S/C31H32ClF5N8O3S/c1-42(17-31(35,36)37)20-7-13-43(14-8-20)28(47)18-5-11-44(12-6-18)30-40-24(21-15-19(32)3-4-23(21)48-29(33)34)27(49-30)41-26(46)22-16-39-45-10-2-9-38-25(22)45/h2-4,9-10,15-16,18,20,29H,5-8,11-14,17H2,1H3,(H,41,46). The number of fused-ring (bicyclic) bond motifs is 1. The van der Waals surface area contributed by atoms with Crippen molar-refractivity contribution in [3.8, 4) is 17.0 Å². The van der Waals surface area contributed by atoms with Gasteiger partial charge in [-0.25, -0.2) is 14.5 Å². The third-order valence-electron chi connectivity index (χ3n) is 8.72. The van der Waals surface area contributed by atoms with Crippen molar-refractivity contribution >= 4 is 50.5 Å². The van der Waals surface area contributed by atoms with Gasteiger partial charge in [-0.05, 0) is 57.0 Å². The second-order valence-corrected chi connectivity index (χ2v) is 13.4. The topological polar surface area (TPSA) is 108 Å². The minimum absolute atomic E-state index is 0.0147. The number of nitrogens with one attached hydrogen (secondary N) is 1. The van der Waals surface area contributed by atoms with E-state index in [1.165, 1.54) is 47.1 Å². The molecule has 18 heteroatoms. The van der Waals surface area contributed by atoms with Crippen LogP contribution >= 0.6 is 22.9 Å². The first-order chi connectivity index (χ1) is 23.4. The third-order valence-corrected chi connectivity index (χ3v) is 9.99. The number of thiazole rings is 1. The summed E-state index contributed by atoms with van der Waals surface area (Å²) in [7, 11) is 1.46. The van der Waals surface area contributed by atoms with Crippen LogP contribution in [0.15, 0.2) is 42.9 Å². The van der Waals surface area contributed by atoms with E-state index in [-0.39, 0.29) is 50.5 Å². The van der Waals surface area contributed by atoms with Crippen molar-refractivity contribution in [2.24, 2.45) is 5.92 Å². The summed E-state index contributed by atoms with van der Waals surface area (Å²) in [6, 6.07) is 5.57. The summed E-state index contributed by atoms with van der Waals surface area (Å²) in [4.78, 5) is 40.8. The molecule has 4 aromatic rings. The Morgan fingerprint density at radius 2 is 1.88 bits per heavy atom. The second-order valence-electron chi connectivity index (χ2n) is 11.9. The minimum atomic E-state index is -4.27. The average molecular weight is 727 g/mol. The molecule has 11 nitrogen and oxygen atoms in total. The Hall–Kier alpha value is -4.09. The molecule has 0 aliphatic carbocycles. The van der Waals surface area contributed by atoms with E-state index in [0.29, 0.717) is 62.6 Å². The summed E-state index contributed by atoms with van der Waals surface area (Å²) >= 11 is 7.39. The molecular weight excluding hydrogens is 695 g/mol. The van der Waals surface area contributed by atoms with Gasteiger partial charge in [-0.15, -0.1) is 0 Å². The zero-order valence-electron chi connectivity index (χ0n) is 26.2. The molecule has 262 valence electrons. The molecule has 1 aromatic carbocycles. The number of piperidine rings is 2. The van der Waals surface area contributed by atoms with E-state index in [4.69, 9.17) is 21.3 Å². The van der Waals surface area contributed by atoms with Gasteiger partial charge in [-0.3, -0.25) is 14.5 Å². The Morgan fingerprint density at radius 3 is 2.57 bits per heavy atom. The molecular formula is C31H32ClF5N8O3S. The van der Waals surface area contributed by atoms with Gasteiger partial charge in [0.2, 0.25) is 5.91 Å². The number of halogens is 6. The van der Waals surface area contributed by atoms with Gasteiger partial charge in [0, 0.05) is 61.1 Å². The quantitative estimate of drug-likeness (QED) is 0.208. The Kier molecular flexibility index (Phi) is 10.2. The number of carbonyl (C=O) groups excluding carboxylic acids is 2. The molecule has 0 bridgehead atoms. The third kappa shape index (κ3) is 8.05. The lowest BCUT2D eigenvalue weighted by Crippen LogP contribution is -2.50. The Labute approximate surface area is 286 Å². The van der Waals surface area contributed by atoms with E-state index in [1.54, 1.807) is 17.2 Å². The molecule has 0 saturated carbocycles. The summed E-state index contributed by atoms with van der Waals surface area (Å²) in [5, 5.41) is 7.99. The zero-order valence-corrected chi connectivity index (χ0v) is 27.7. The van der Waals surface area contributed by atoms with Crippen LogP contribution in [0.25, 0.3) is 16.9 Å². The van der Waals surface area contributed by atoms with Crippen molar-refractivity contribution in [1.29, 1.82) is 0 Å². The number of carbonyl (C=O) groups is 2. The minimum Gasteiger partial charge on any atom is -0.434 e. The Bertz CT molecular complexity index is 1810. The van der Waals surface area contributed by atoms with E-state index < -0.39 is 25.2 Å². The van der Waals surface area contributed by atoms with Crippen LogP contribution in [0.1, 0.15) is 36.0 Å². The van der Waals surface area contributed by atoms with Crippen LogP contribution in [0.3, 0.4) is 0 Å². The fourth-order valence-electron chi connectivity index (χ4n) is 6.27. The van der Waals surface area contributed by atoms with Gasteiger partial charge >= 0.3 is 12.8 Å². The van der Waals surface area contributed by atoms with Crippen LogP contribution in [-0.2, 0) is 4.79 Å². The first-order valence-corrected chi connectivity index (χ1v) is 16.7. The van der Waals surface area contributed by atoms with Crippen LogP contribution in [-0.4, -0.2) is 99.8 Å². The number of benzene rings is 1. The monoisotopic (exact) mass is 726 g/mol. The molecule has 2 fully saturated rings. The van der Waals surface area contributed by atoms with E-state index in [2.05, 4.69) is 15.4 Å². The number of alkyl halides is 5. The van der Waals surface area contributed by atoms with Gasteiger partial charge in [0.1, 0.15) is 22.0 Å². The second kappa shape index (κ2) is 14.4.